The molecule has 0 heterocycles. The van der Waals surface area contributed by atoms with Gasteiger partial charge in [-0.05, 0) is 24.1 Å². The SMILES string of the molecule is O=C(NC(CO)c1ccccc1)NC1CC1c1c(F)cccc1F. The van der Waals surface area contributed by atoms with Crippen LogP contribution in [0.15, 0.2) is 48.5 Å². The lowest BCUT2D eigenvalue weighted by Gasteiger charge is -2.17. The van der Waals surface area contributed by atoms with Crippen LogP contribution in [0.1, 0.15) is 29.5 Å². The van der Waals surface area contributed by atoms with Gasteiger partial charge < -0.3 is 15.7 Å². The number of benzene rings is 2. The Kier molecular flexibility index (Phi) is 4.76. The fraction of sp³-hybridized carbons (Fsp3) is 0.278. The fourth-order valence-corrected chi connectivity index (χ4v) is 2.83. The molecule has 1 fully saturated rings. The highest BCUT2D eigenvalue weighted by molar-refractivity contribution is 5.75. The molecule has 126 valence electrons. The van der Waals surface area contributed by atoms with E-state index in [0.29, 0.717) is 6.42 Å². The molecule has 3 atom stereocenters. The summed E-state index contributed by atoms with van der Waals surface area (Å²) >= 11 is 0. The molecular weight excluding hydrogens is 314 g/mol. The lowest BCUT2D eigenvalue weighted by Crippen LogP contribution is -2.40. The fourth-order valence-electron chi connectivity index (χ4n) is 2.83. The molecule has 4 nitrogen and oxygen atoms in total. The lowest BCUT2D eigenvalue weighted by molar-refractivity contribution is 0.216. The molecule has 2 aromatic rings. The Labute approximate surface area is 138 Å². The minimum Gasteiger partial charge on any atom is -0.394 e. The normalized spacial score (nSPS) is 20.3. The van der Waals surface area contributed by atoms with E-state index in [1.54, 1.807) is 12.1 Å². The first-order valence-corrected chi connectivity index (χ1v) is 7.77. The number of hydrogen-bond acceptors (Lipinski definition) is 2. The summed E-state index contributed by atoms with van der Waals surface area (Å²) in [5, 5.41) is 14.8. The van der Waals surface area contributed by atoms with E-state index in [1.807, 2.05) is 18.2 Å². The minimum atomic E-state index is -0.595. The Morgan fingerprint density at radius 2 is 1.79 bits per heavy atom. The van der Waals surface area contributed by atoms with Crippen molar-refractivity contribution in [3.63, 3.8) is 0 Å². The standard InChI is InChI=1S/C18H18F2N2O2/c19-13-7-4-8-14(20)17(13)12-9-15(12)21-18(24)22-16(10-23)11-5-2-1-3-6-11/h1-8,12,15-16,23H,9-10H2,(H2,21,22,24). The number of urea groups is 1. The summed E-state index contributed by atoms with van der Waals surface area (Å²) in [7, 11) is 0. The second-order valence-corrected chi connectivity index (χ2v) is 5.85. The topological polar surface area (TPSA) is 61.4 Å². The van der Waals surface area contributed by atoms with Crippen LogP contribution in [-0.4, -0.2) is 23.8 Å². The Morgan fingerprint density at radius 1 is 1.12 bits per heavy atom. The maximum Gasteiger partial charge on any atom is 0.315 e. The average Bonchev–Trinajstić information content (AvgIpc) is 3.31. The maximum absolute atomic E-state index is 13.7. The zero-order valence-corrected chi connectivity index (χ0v) is 12.9. The van der Waals surface area contributed by atoms with Crippen molar-refractivity contribution in [3.8, 4) is 0 Å². The molecule has 3 unspecified atom stereocenters. The van der Waals surface area contributed by atoms with E-state index in [4.69, 9.17) is 0 Å². The van der Waals surface area contributed by atoms with Crippen LogP contribution >= 0.6 is 0 Å². The molecule has 24 heavy (non-hydrogen) atoms. The molecule has 0 radical (unpaired) electrons. The zero-order valence-electron chi connectivity index (χ0n) is 12.9. The van der Waals surface area contributed by atoms with Crippen LogP contribution in [0.4, 0.5) is 13.6 Å². The number of hydrogen-bond donors (Lipinski definition) is 3. The van der Waals surface area contributed by atoms with Crippen LogP contribution in [0.5, 0.6) is 0 Å². The number of carbonyl (C=O) groups is 1. The number of rotatable bonds is 5. The van der Waals surface area contributed by atoms with E-state index in [1.165, 1.54) is 18.2 Å². The first-order chi connectivity index (χ1) is 11.6. The van der Waals surface area contributed by atoms with E-state index in [-0.39, 0.29) is 24.1 Å². The van der Waals surface area contributed by atoms with Gasteiger partial charge in [-0.3, -0.25) is 0 Å². The third kappa shape index (κ3) is 3.54. The molecule has 0 aliphatic heterocycles. The number of amides is 2. The monoisotopic (exact) mass is 332 g/mol. The first-order valence-electron chi connectivity index (χ1n) is 7.77. The number of carbonyl (C=O) groups excluding carboxylic acids is 1. The molecule has 1 aliphatic rings. The van der Waals surface area contributed by atoms with Gasteiger partial charge in [0.05, 0.1) is 12.6 Å². The van der Waals surface area contributed by atoms with E-state index < -0.39 is 23.7 Å². The summed E-state index contributed by atoms with van der Waals surface area (Å²) in [5.41, 5.74) is 0.798. The Morgan fingerprint density at radius 3 is 2.42 bits per heavy atom. The van der Waals surface area contributed by atoms with Gasteiger partial charge in [0, 0.05) is 17.5 Å². The molecule has 1 aliphatic carbocycles. The van der Waals surface area contributed by atoms with Crippen LogP contribution in [0.3, 0.4) is 0 Å². The molecule has 2 aromatic carbocycles. The highest BCUT2D eigenvalue weighted by Gasteiger charge is 2.42. The van der Waals surface area contributed by atoms with Gasteiger partial charge in [-0.25, -0.2) is 13.6 Å². The second kappa shape index (κ2) is 6.97. The second-order valence-electron chi connectivity index (χ2n) is 5.85. The number of aliphatic hydroxyl groups excluding tert-OH is 1. The summed E-state index contributed by atoms with van der Waals surface area (Å²) in [6.07, 6.45) is 0.487. The van der Waals surface area contributed by atoms with Crippen molar-refractivity contribution in [1.29, 1.82) is 0 Å². The van der Waals surface area contributed by atoms with Crippen molar-refractivity contribution in [1.82, 2.24) is 10.6 Å². The molecule has 1 saturated carbocycles. The predicted octanol–water partition coefficient (Wildman–Crippen LogP) is 2.85. The van der Waals surface area contributed by atoms with Crippen LogP contribution in [0.25, 0.3) is 0 Å². The quantitative estimate of drug-likeness (QED) is 0.788. The Hall–Kier alpha value is -2.47. The van der Waals surface area contributed by atoms with Gasteiger partial charge in [-0.1, -0.05) is 36.4 Å². The molecular formula is C18H18F2N2O2. The molecule has 2 amide bonds. The van der Waals surface area contributed by atoms with Gasteiger partial charge >= 0.3 is 6.03 Å². The van der Waals surface area contributed by atoms with Gasteiger partial charge in [-0.15, -0.1) is 0 Å². The van der Waals surface area contributed by atoms with Crippen LogP contribution < -0.4 is 10.6 Å². The third-order valence-electron chi connectivity index (χ3n) is 4.17. The van der Waals surface area contributed by atoms with Crippen molar-refractivity contribution in [2.75, 3.05) is 6.61 Å². The molecule has 6 heteroatoms. The molecule has 3 N–H and O–H groups in total. The van der Waals surface area contributed by atoms with Gasteiger partial charge in [-0.2, -0.15) is 0 Å². The first kappa shape index (κ1) is 16.4. The van der Waals surface area contributed by atoms with Crippen LogP contribution in [0.2, 0.25) is 0 Å². The Bertz CT molecular complexity index is 704. The van der Waals surface area contributed by atoms with Gasteiger partial charge in [0.1, 0.15) is 11.6 Å². The van der Waals surface area contributed by atoms with Crippen LogP contribution in [0, 0.1) is 11.6 Å². The molecule has 0 spiro atoms. The highest BCUT2D eigenvalue weighted by atomic mass is 19.1. The van der Waals surface area contributed by atoms with Gasteiger partial charge in [0.25, 0.3) is 0 Å². The van der Waals surface area contributed by atoms with E-state index >= 15 is 0 Å². The summed E-state index contributed by atoms with van der Waals surface area (Å²) < 4.78 is 27.5. The molecule has 0 aromatic heterocycles. The summed E-state index contributed by atoms with van der Waals surface area (Å²) in [4.78, 5) is 12.1. The lowest BCUT2D eigenvalue weighted by atomic mass is 10.1. The van der Waals surface area contributed by atoms with Crippen LogP contribution in [-0.2, 0) is 0 Å². The van der Waals surface area contributed by atoms with Gasteiger partial charge in [0.15, 0.2) is 0 Å². The molecule has 0 bridgehead atoms. The predicted molar refractivity (Wildman–Crippen MR) is 85.4 cm³/mol. The van der Waals surface area contributed by atoms with Gasteiger partial charge in [0.2, 0.25) is 0 Å². The maximum atomic E-state index is 13.7. The Balaban J connectivity index is 1.59. The number of aliphatic hydroxyl groups is 1. The number of halogens is 2. The van der Waals surface area contributed by atoms with Crippen molar-refractivity contribution in [2.24, 2.45) is 0 Å². The van der Waals surface area contributed by atoms with Crippen molar-refractivity contribution in [3.05, 3.63) is 71.3 Å². The van der Waals surface area contributed by atoms with Crippen molar-refractivity contribution >= 4 is 6.03 Å². The van der Waals surface area contributed by atoms with E-state index in [2.05, 4.69) is 10.6 Å². The average molecular weight is 332 g/mol. The van der Waals surface area contributed by atoms with Crippen molar-refractivity contribution < 1.29 is 18.7 Å². The van der Waals surface area contributed by atoms with E-state index in [9.17, 15) is 18.7 Å². The third-order valence-corrected chi connectivity index (χ3v) is 4.17. The van der Waals surface area contributed by atoms with E-state index in [0.717, 1.165) is 5.56 Å². The number of nitrogens with one attached hydrogen (secondary N) is 2. The molecule has 3 rings (SSSR count). The highest BCUT2D eigenvalue weighted by Crippen LogP contribution is 2.43. The largest absolute Gasteiger partial charge is 0.394 e. The molecule has 0 saturated heterocycles. The summed E-state index contributed by atoms with van der Waals surface area (Å²) in [6, 6.07) is 11.5. The summed E-state index contributed by atoms with van der Waals surface area (Å²) in [6.45, 7) is -0.243. The zero-order chi connectivity index (χ0) is 17.1. The summed E-state index contributed by atoms with van der Waals surface area (Å²) in [5.74, 6) is -1.55. The van der Waals surface area contributed by atoms with Crippen molar-refractivity contribution in [2.45, 2.75) is 24.4 Å². The smallest absolute Gasteiger partial charge is 0.315 e. The minimum absolute atomic E-state index is 0.0181.